The molecule has 0 saturated heterocycles. The maximum absolute atomic E-state index is 12.1. The summed E-state index contributed by atoms with van der Waals surface area (Å²) in [6.45, 7) is 2.48. The predicted octanol–water partition coefficient (Wildman–Crippen LogP) is 1.64. The average molecular weight is 317 g/mol. The first-order chi connectivity index (χ1) is 11.1. The number of fused-ring (bicyclic) bond motifs is 1. The molecule has 2 aromatic heterocycles. The Morgan fingerprint density at radius 3 is 3.13 bits per heavy atom. The highest BCUT2D eigenvalue weighted by molar-refractivity contribution is 5.74. The first kappa shape index (κ1) is 15.7. The Bertz CT molecular complexity index is 671. The summed E-state index contributed by atoms with van der Waals surface area (Å²) in [7, 11) is 0. The van der Waals surface area contributed by atoms with Crippen LogP contribution in [-0.4, -0.2) is 38.4 Å². The number of hydrogen-bond acceptors (Lipinski definition) is 4. The van der Waals surface area contributed by atoms with Crippen molar-refractivity contribution in [3.63, 3.8) is 0 Å². The Morgan fingerprint density at radius 2 is 2.30 bits per heavy atom. The van der Waals surface area contributed by atoms with Crippen LogP contribution in [0.4, 0.5) is 4.79 Å². The molecule has 0 aliphatic heterocycles. The van der Waals surface area contributed by atoms with Gasteiger partial charge in [-0.3, -0.25) is 4.40 Å². The highest BCUT2D eigenvalue weighted by atomic mass is 16.3. The number of amides is 2. The van der Waals surface area contributed by atoms with E-state index in [0.29, 0.717) is 18.3 Å². The number of rotatable bonds is 4. The second-order valence-electron chi connectivity index (χ2n) is 6.25. The molecule has 1 saturated carbocycles. The van der Waals surface area contributed by atoms with Crippen LogP contribution in [0.3, 0.4) is 0 Å². The van der Waals surface area contributed by atoms with Crippen molar-refractivity contribution in [2.75, 3.05) is 6.54 Å². The fourth-order valence-corrected chi connectivity index (χ4v) is 3.15. The molecule has 7 heteroatoms. The van der Waals surface area contributed by atoms with Gasteiger partial charge in [0.2, 0.25) is 0 Å². The molecule has 0 bridgehead atoms. The lowest BCUT2D eigenvalue weighted by Crippen LogP contribution is -2.41. The highest BCUT2D eigenvalue weighted by Gasteiger charge is 2.21. The van der Waals surface area contributed by atoms with Crippen LogP contribution in [-0.2, 0) is 0 Å². The molecule has 3 rings (SSSR count). The van der Waals surface area contributed by atoms with Crippen molar-refractivity contribution < 1.29 is 9.90 Å². The van der Waals surface area contributed by atoms with Gasteiger partial charge in [-0.25, -0.2) is 4.79 Å². The second kappa shape index (κ2) is 6.95. The molecule has 124 valence electrons. The van der Waals surface area contributed by atoms with E-state index in [1.54, 1.807) is 0 Å². The normalized spacial score (nSPS) is 22.7. The maximum atomic E-state index is 12.1. The van der Waals surface area contributed by atoms with Crippen LogP contribution >= 0.6 is 0 Å². The van der Waals surface area contributed by atoms with Crippen molar-refractivity contribution in [1.82, 2.24) is 25.2 Å². The first-order valence-corrected chi connectivity index (χ1v) is 8.15. The van der Waals surface area contributed by atoms with E-state index in [0.717, 1.165) is 31.3 Å². The number of nitrogens with one attached hydrogen (secondary N) is 2. The van der Waals surface area contributed by atoms with Crippen molar-refractivity contribution >= 4 is 11.7 Å². The average Bonchev–Trinajstić information content (AvgIpc) is 2.97. The quantitative estimate of drug-likeness (QED) is 0.799. The van der Waals surface area contributed by atoms with E-state index in [-0.39, 0.29) is 18.2 Å². The molecular formula is C16H23N5O2. The Morgan fingerprint density at radius 1 is 1.43 bits per heavy atom. The molecule has 1 aliphatic carbocycles. The van der Waals surface area contributed by atoms with Crippen molar-refractivity contribution in [2.24, 2.45) is 5.92 Å². The Kier molecular flexibility index (Phi) is 4.76. The molecule has 2 heterocycles. The highest BCUT2D eigenvalue weighted by Crippen LogP contribution is 2.23. The number of aromatic nitrogens is 3. The summed E-state index contributed by atoms with van der Waals surface area (Å²) in [5.41, 5.74) is 0.757. The van der Waals surface area contributed by atoms with Gasteiger partial charge >= 0.3 is 6.03 Å². The summed E-state index contributed by atoms with van der Waals surface area (Å²) in [4.78, 5) is 12.1. The van der Waals surface area contributed by atoms with Crippen molar-refractivity contribution in [3.8, 4) is 0 Å². The van der Waals surface area contributed by atoms with Crippen LogP contribution in [0.25, 0.3) is 5.65 Å². The van der Waals surface area contributed by atoms with Crippen LogP contribution in [0.2, 0.25) is 0 Å². The zero-order valence-electron chi connectivity index (χ0n) is 13.3. The van der Waals surface area contributed by atoms with Crippen molar-refractivity contribution in [1.29, 1.82) is 0 Å². The van der Waals surface area contributed by atoms with Gasteiger partial charge in [-0.2, -0.15) is 0 Å². The van der Waals surface area contributed by atoms with E-state index in [9.17, 15) is 9.90 Å². The summed E-state index contributed by atoms with van der Waals surface area (Å²) < 4.78 is 1.86. The first-order valence-electron chi connectivity index (χ1n) is 8.15. The van der Waals surface area contributed by atoms with Crippen molar-refractivity contribution in [2.45, 2.75) is 44.8 Å². The van der Waals surface area contributed by atoms with E-state index < -0.39 is 0 Å². The number of carbonyl (C=O) groups excluding carboxylic acids is 1. The molecule has 3 unspecified atom stereocenters. The zero-order valence-corrected chi connectivity index (χ0v) is 13.3. The van der Waals surface area contributed by atoms with E-state index in [4.69, 9.17) is 0 Å². The number of pyridine rings is 1. The lowest BCUT2D eigenvalue weighted by molar-refractivity contribution is 0.101. The standard InChI is InChI=1S/C16H23N5O2/c1-11(15-20-19-14-7-2-3-8-21(14)15)18-16(23)17-10-12-5-4-6-13(22)9-12/h2-3,7-8,11-13,22H,4-6,9-10H2,1H3,(H2,17,18,23). The second-order valence-corrected chi connectivity index (χ2v) is 6.25. The van der Waals surface area contributed by atoms with Crippen LogP contribution in [0.1, 0.15) is 44.5 Å². The smallest absolute Gasteiger partial charge is 0.315 e. The number of carbonyl (C=O) groups is 1. The van der Waals surface area contributed by atoms with E-state index >= 15 is 0 Å². The Hall–Kier alpha value is -2.15. The maximum Gasteiger partial charge on any atom is 0.315 e. The van der Waals surface area contributed by atoms with Gasteiger partial charge < -0.3 is 15.7 Å². The molecule has 2 aromatic rings. The fraction of sp³-hybridized carbons (Fsp3) is 0.562. The fourth-order valence-electron chi connectivity index (χ4n) is 3.15. The monoisotopic (exact) mass is 317 g/mol. The molecule has 1 fully saturated rings. The third-order valence-electron chi connectivity index (χ3n) is 4.38. The lowest BCUT2D eigenvalue weighted by Gasteiger charge is -2.26. The van der Waals surface area contributed by atoms with Crippen LogP contribution in [0.5, 0.6) is 0 Å². The lowest BCUT2D eigenvalue weighted by atomic mass is 9.87. The Labute approximate surface area is 135 Å². The summed E-state index contributed by atoms with van der Waals surface area (Å²) >= 11 is 0. The number of urea groups is 1. The topological polar surface area (TPSA) is 91.5 Å². The SMILES string of the molecule is CC(NC(=O)NCC1CCCC(O)C1)c1nnc2ccccn12. The summed E-state index contributed by atoms with van der Waals surface area (Å²) in [5, 5.41) is 23.7. The minimum Gasteiger partial charge on any atom is -0.393 e. The molecule has 0 aromatic carbocycles. The number of nitrogens with zero attached hydrogens (tertiary/aromatic N) is 3. The minimum absolute atomic E-state index is 0.217. The predicted molar refractivity (Wildman–Crippen MR) is 85.9 cm³/mol. The van der Waals surface area contributed by atoms with Gasteiger partial charge in [0.05, 0.1) is 12.1 Å². The number of hydrogen-bond donors (Lipinski definition) is 3. The molecule has 0 spiro atoms. The summed E-state index contributed by atoms with van der Waals surface area (Å²) in [6.07, 6.45) is 5.38. The van der Waals surface area contributed by atoms with Gasteiger partial charge in [0.15, 0.2) is 11.5 Å². The van der Waals surface area contributed by atoms with Gasteiger partial charge in [0, 0.05) is 12.7 Å². The number of aliphatic hydroxyl groups is 1. The van der Waals surface area contributed by atoms with Crippen LogP contribution in [0, 0.1) is 5.92 Å². The molecule has 1 aliphatic rings. The molecule has 3 N–H and O–H groups in total. The molecule has 3 atom stereocenters. The van der Waals surface area contributed by atoms with Gasteiger partial charge in [0.1, 0.15) is 0 Å². The Balaban J connectivity index is 1.53. The summed E-state index contributed by atoms with van der Waals surface area (Å²) in [5.74, 6) is 1.05. The third kappa shape index (κ3) is 3.79. The van der Waals surface area contributed by atoms with E-state index in [1.165, 1.54) is 0 Å². The van der Waals surface area contributed by atoms with Gasteiger partial charge in [0.25, 0.3) is 0 Å². The van der Waals surface area contributed by atoms with Crippen LogP contribution < -0.4 is 10.6 Å². The van der Waals surface area contributed by atoms with E-state index in [2.05, 4.69) is 20.8 Å². The third-order valence-corrected chi connectivity index (χ3v) is 4.38. The van der Waals surface area contributed by atoms with Crippen molar-refractivity contribution in [3.05, 3.63) is 30.2 Å². The van der Waals surface area contributed by atoms with Gasteiger partial charge in [-0.15, -0.1) is 10.2 Å². The molecule has 2 amide bonds. The largest absolute Gasteiger partial charge is 0.393 e. The molecule has 7 nitrogen and oxygen atoms in total. The summed E-state index contributed by atoms with van der Waals surface area (Å²) in [6, 6.07) is 5.21. The molecule has 23 heavy (non-hydrogen) atoms. The van der Waals surface area contributed by atoms with Gasteiger partial charge in [-0.05, 0) is 44.2 Å². The number of aliphatic hydroxyl groups excluding tert-OH is 1. The van der Waals surface area contributed by atoms with Crippen LogP contribution in [0.15, 0.2) is 24.4 Å². The molecular weight excluding hydrogens is 294 g/mol. The van der Waals surface area contributed by atoms with E-state index in [1.807, 2.05) is 35.7 Å². The minimum atomic E-state index is -0.246. The zero-order chi connectivity index (χ0) is 16.2. The molecule has 0 radical (unpaired) electrons. The van der Waals surface area contributed by atoms with Gasteiger partial charge in [-0.1, -0.05) is 12.5 Å².